The number of carbonyl (C=O) groups excluding carboxylic acids is 3. The summed E-state index contributed by atoms with van der Waals surface area (Å²) in [6.45, 7) is 6.38. The number of allylic oxidation sites excluding steroid dienone is 20. The smallest absolute Gasteiger partial charge is 0.306 e. The molecule has 0 aromatic heterocycles. The van der Waals surface area contributed by atoms with Gasteiger partial charge in [-0.05, 0) is 128 Å². The first-order valence-electron chi connectivity index (χ1n) is 32.5. The molecule has 0 saturated carbocycles. The molecule has 0 aliphatic carbocycles. The normalized spacial score (nSPS) is 12.9. The first kappa shape index (κ1) is 73.8. The molecule has 6 nitrogen and oxygen atoms in total. The summed E-state index contributed by atoms with van der Waals surface area (Å²) >= 11 is 0. The fraction of sp³-hybridized carbons (Fsp3) is 0.681. The van der Waals surface area contributed by atoms with Crippen molar-refractivity contribution < 1.29 is 28.6 Å². The van der Waals surface area contributed by atoms with Crippen LogP contribution in [0.5, 0.6) is 0 Å². The number of esters is 3. The Morgan fingerprint density at radius 1 is 0.269 bits per heavy atom. The number of rotatable bonds is 58. The Hall–Kier alpha value is -4.19. The van der Waals surface area contributed by atoms with E-state index >= 15 is 0 Å². The Bertz CT molecular complexity index is 1620. The van der Waals surface area contributed by atoms with Crippen molar-refractivity contribution in [1.82, 2.24) is 0 Å². The van der Waals surface area contributed by atoms with Gasteiger partial charge in [0.15, 0.2) is 6.10 Å². The molecule has 0 aromatic rings. The zero-order valence-corrected chi connectivity index (χ0v) is 50.9. The van der Waals surface area contributed by atoms with Crippen molar-refractivity contribution in [3.8, 4) is 0 Å². The highest BCUT2D eigenvalue weighted by molar-refractivity contribution is 5.71. The number of hydrogen-bond acceptors (Lipinski definition) is 6. The molecule has 0 spiro atoms. The van der Waals surface area contributed by atoms with Crippen LogP contribution in [0.2, 0.25) is 0 Å². The molecule has 0 rings (SSSR count). The van der Waals surface area contributed by atoms with E-state index in [1.54, 1.807) is 0 Å². The zero-order valence-electron chi connectivity index (χ0n) is 50.9. The van der Waals surface area contributed by atoms with Gasteiger partial charge in [0.25, 0.3) is 0 Å². The van der Waals surface area contributed by atoms with Crippen molar-refractivity contribution in [2.75, 3.05) is 13.2 Å². The minimum Gasteiger partial charge on any atom is -0.462 e. The second-order valence-corrected chi connectivity index (χ2v) is 21.3. The summed E-state index contributed by atoms with van der Waals surface area (Å²) in [6.07, 6.45) is 90.7. The Morgan fingerprint density at radius 3 is 0.795 bits per heavy atom. The minimum absolute atomic E-state index is 0.0880. The van der Waals surface area contributed by atoms with Crippen LogP contribution < -0.4 is 0 Å². The van der Waals surface area contributed by atoms with Crippen LogP contribution in [0, 0.1) is 0 Å². The fourth-order valence-electron chi connectivity index (χ4n) is 8.87. The highest BCUT2D eigenvalue weighted by Crippen LogP contribution is 2.16. The largest absolute Gasteiger partial charge is 0.462 e. The van der Waals surface area contributed by atoms with Gasteiger partial charge in [0.05, 0.1) is 0 Å². The van der Waals surface area contributed by atoms with E-state index in [1.165, 1.54) is 122 Å². The third-order valence-electron chi connectivity index (χ3n) is 13.7. The number of unbranched alkanes of at least 4 members (excludes halogenated alkanes) is 27. The monoisotopic (exact) mass is 1080 g/mol. The molecule has 1 unspecified atom stereocenters. The molecule has 6 heteroatoms. The van der Waals surface area contributed by atoms with Gasteiger partial charge in [0, 0.05) is 19.3 Å². The molecule has 0 aliphatic rings. The van der Waals surface area contributed by atoms with Gasteiger partial charge in [-0.25, -0.2) is 0 Å². The molecule has 0 radical (unpaired) electrons. The maximum Gasteiger partial charge on any atom is 0.306 e. The number of ether oxygens (including phenoxy) is 3. The first-order valence-corrected chi connectivity index (χ1v) is 32.5. The lowest BCUT2D eigenvalue weighted by Crippen LogP contribution is -2.30. The molecule has 444 valence electrons. The van der Waals surface area contributed by atoms with E-state index in [9.17, 15) is 14.4 Å². The fourth-order valence-corrected chi connectivity index (χ4v) is 8.87. The van der Waals surface area contributed by atoms with E-state index in [2.05, 4.69) is 142 Å². The zero-order chi connectivity index (χ0) is 56.4. The van der Waals surface area contributed by atoms with Gasteiger partial charge in [0.2, 0.25) is 0 Å². The molecule has 0 fully saturated rings. The predicted molar refractivity (Wildman–Crippen MR) is 339 cm³/mol. The number of carbonyl (C=O) groups is 3. The van der Waals surface area contributed by atoms with Gasteiger partial charge in [-0.15, -0.1) is 0 Å². The molecule has 0 heterocycles. The van der Waals surface area contributed by atoms with E-state index in [4.69, 9.17) is 14.2 Å². The average molecular weight is 1080 g/mol. The molecular weight excluding hydrogens is 961 g/mol. The van der Waals surface area contributed by atoms with Crippen molar-refractivity contribution >= 4 is 17.9 Å². The molecule has 0 aromatic carbocycles. The van der Waals surface area contributed by atoms with Crippen LogP contribution in [-0.4, -0.2) is 37.2 Å². The molecule has 0 saturated heterocycles. The van der Waals surface area contributed by atoms with Gasteiger partial charge in [-0.2, -0.15) is 0 Å². The topological polar surface area (TPSA) is 78.9 Å². The van der Waals surface area contributed by atoms with Crippen molar-refractivity contribution in [2.24, 2.45) is 0 Å². The standard InChI is InChI=1S/C72H120O6/c1-4-7-10-13-16-19-22-25-27-29-31-32-33-34-35-36-37-38-39-40-42-43-45-47-50-53-56-59-62-65-71(74)77-68-69(67-76-70(73)64-61-58-55-52-49-24-21-18-15-12-9-6-3)78-72(75)66-63-60-57-54-51-48-46-44-41-30-28-26-23-20-17-14-11-8-5-2/h7-8,10-11,16-21,25-28,31-32,34-35,41,44,69H,4-6,9,12-15,22-24,29-30,33,36-40,42-43,45-68H2,1-3H3/b10-7-,11-8-,19-16-,20-17-,21-18-,27-25-,28-26-,32-31-,35-34-,44-41-. The maximum absolute atomic E-state index is 12.9. The van der Waals surface area contributed by atoms with E-state index in [-0.39, 0.29) is 31.1 Å². The summed E-state index contributed by atoms with van der Waals surface area (Å²) in [6, 6.07) is 0. The van der Waals surface area contributed by atoms with Crippen molar-refractivity contribution in [1.29, 1.82) is 0 Å². The SMILES string of the molecule is CC/C=C\C/C=C\C/C=C\C/C=C\C/C=C\CCCCCCCCCCCCCCCC(=O)OCC(COC(=O)CCCCCCC/C=C\CCCCC)OC(=O)CCCCCCCC/C=C\C/C=C\C/C=C\C/C=C\CC. The van der Waals surface area contributed by atoms with Crippen LogP contribution >= 0.6 is 0 Å². The van der Waals surface area contributed by atoms with Crippen LogP contribution in [0.1, 0.15) is 297 Å². The quantitative estimate of drug-likeness (QED) is 0.0261. The lowest BCUT2D eigenvalue weighted by molar-refractivity contribution is -0.167. The summed E-state index contributed by atoms with van der Waals surface area (Å²) in [4.78, 5) is 38.3. The molecule has 0 amide bonds. The van der Waals surface area contributed by atoms with Crippen LogP contribution in [0.15, 0.2) is 122 Å². The molecule has 0 bridgehead atoms. The van der Waals surface area contributed by atoms with Crippen LogP contribution in [-0.2, 0) is 28.6 Å². The van der Waals surface area contributed by atoms with Gasteiger partial charge in [-0.3, -0.25) is 14.4 Å². The summed E-state index contributed by atoms with van der Waals surface area (Å²) < 4.78 is 16.9. The van der Waals surface area contributed by atoms with Gasteiger partial charge < -0.3 is 14.2 Å². The second-order valence-electron chi connectivity index (χ2n) is 21.3. The van der Waals surface area contributed by atoms with Gasteiger partial charge >= 0.3 is 17.9 Å². The molecule has 1 atom stereocenters. The Balaban J connectivity index is 4.28. The van der Waals surface area contributed by atoms with E-state index in [0.717, 1.165) is 135 Å². The van der Waals surface area contributed by atoms with E-state index in [1.807, 2.05) is 0 Å². The molecule has 78 heavy (non-hydrogen) atoms. The molecule has 0 aliphatic heterocycles. The summed E-state index contributed by atoms with van der Waals surface area (Å²) in [7, 11) is 0. The van der Waals surface area contributed by atoms with E-state index < -0.39 is 6.10 Å². The third kappa shape index (κ3) is 62.7. The predicted octanol–water partition coefficient (Wildman–Crippen LogP) is 22.4. The van der Waals surface area contributed by atoms with Gasteiger partial charge in [-0.1, -0.05) is 271 Å². The first-order chi connectivity index (χ1) is 38.5. The summed E-state index contributed by atoms with van der Waals surface area (Å²) in [5.74, 6) is -0.907. The lowest BCUT2D eigenvalue weighted by atomic mass is 10.0. The van der Waals surface area contributed by atoms with Crippen LogP contribution in [0.25, 0.3) is 0 Å². The highest BCUT2D eigenvalue weighted by Gasteiger charge is 2.19. The minimum atomic E-state index is -0.793. The lowest BCUT2D eigenvalue weighted by Gasteiger charge is -2.18. The average Bonchev–Trinajstić information content (AvgIpc) is 3.44. The van der Waals surface area contributed by atoms with Crippen molar-refractivity contribution in [2.45, 2.75) is 303 Å². The summed E-state index contributed by atoms with van der Waals surface area (Å²) in [5, 5.41) is 0. The molecular formula is C72H120O6. The highest BCUT2D eigenvalue weighted by atomic mass is 16.6. The second kappa shape index (κ2) is 65.3. The maximum atomic E-state index is 12.9. The van der Waals surface area contributed by atoms with Gasteiger partial charge in [0.1, 0.15) is 13.2 Å². The number of hydrogen-bond donors (Lipinski definition) is 0. The van der Waals surface area contributed by atoms with E-state index in [0.29, 0.717) is 19.3 Å². The van der Waals surface area contributed by atoms with Crippen molar-refractivity contribution in [3.63, 3.8) is 0 Å². The Labute approximate surface area is 482 Å². The van der Waals surface area contributed by atoms with Crippen molar-refractivity contribution in [3.05, 3.63) is 122 Å². The van der Waals surface area contributed by atoms with Crippen LogP contribution in [0.4, 0.5) is 0 Å². The van der Waals surface area contributed by atoms with Crippen LogP contribution in [0.3, 0.4) is 0 Å². The Kier molecular flexibility index (Phi) is 61.8. The Morgan fingerprint density at radius 2 is 0.500 bits per heavy atom. The summed E-state index contributed by atoms with van der Waals surface area (Å²) in [5.41, 5.74) is 0. The third-order valence-corrected chi connectivity index (χ3v) is 13.7. The molecule has 0 N–H and O–H groups in total.